The Bertz CT molecular complexity index is 2450. The highest BCUT2D eigenvalue weighted by Crippen LogP contribution is 2.49. The molecule has 0 N–H and O–H groups in total. The largest absolute Gasteiger partial charge is 0.490 e. The lowest BCUT2D eigenvalue weighted by atomic mass is 9.92. The van der Waals surface area contributed by atoms with Crippen molar-refractivity contribution in [3.05, 3.63) is 72.8 Å². The SMILES string of the molecule is CCCCCOc1cc2c3cc(OCCCCC)c(OCCCCC)cc3c3c(cc(OCCCCC)c4oc(-c5cccc6ccccc56)nc43)c2cc1OCCCCC. The second-order valence-electron chi connectivity index (χ2n) is 16.5. The Kier molecular flexibility index (Phi) is 15.9. The van der Waals surface area contributed by atoms with Crippen LogP contribution in [0.1, 0.15) is 131 Å². The van der Waals surface area contributed by atoms with E-state index in [4.69, 9.17) is 33.1 Å². The minimum Gasteiger partial charge on any atom is -0.490 e. The molecule has 1 aromatic heterocycles. The van der Waals surface area contributed by atoms with Gasteiger partial charge in [-0.25, -0.2) is 4.98 Å². The average molecular weight is 826 g/mol. The lowest BCUT2D eigenvalue weighted by Crippen LogP contribution is -2.04. The molecule has 1 heterocycles. The number of benzene rings is 6. The van der Waals surface area contributed by atoms with Crippen LogP contribution in [0.5, 0.6) is 28.7 Å². The zero-order valence-electron chi connectivity index (χ0n) is 37.5. The summed E-state index contributed by atoms with van der Waals surface area (Å²) in [4.78, 5) is 5.43. The maximum atomic E-state index is 6.89. The van der Waals surface area contributed by atoms with Crippen LogP contribution in [0.25, 0.3) is 65.6 Å². The first-order valence-electron chi connectivity index (χ1n) is 23.6. The molecule has 324 valence electrons. The van der Waals surface area contributed by atoms with Crippen LogP contribution in [0, 0.1) is 0 Å². The van der Waals surface area contributed by atoms with Crippen LogP contribution in [-0.2, 0) is 0 Å². The van der Waals surface area contributed by atoms with Gasteiger partial charge in [-0.3, -0.25) is 0 Å². The van der Waals surface area contributed by atoms with Gasteiger partial charge < -0.3 is 28.1 Å². The molecule has 7 heteroatoms. The van der Waals surface area contributed by atoms with Crippen LogP contribution in [0.3, 0.4) is 0 Å². The first kappa shape index (κ1) is 43.9. The van der Waals surface area contributed by atoms with Crippen LogP contribution in [0.4, 0.5) is 0 Å². The summed E-state index contributed by atoms with van der Waals surface area (Å²) < 4.78 is 40.1. The Morgan fingerprint density at radius 1 is 0.410 bits per heavy atom. The minimum atomic E-state index is 0.564. The average Bonchev–Trinajstić information content (AvgIpc) is 3.74. The summed E-state index contributed by atoms with van der Waals surface area (Å²) in [7, 11) is 0. The van der Waals surface area contributed by atoms with Crippen molar-refractivity contribution in [1.29, 1.82) is 0 Å². The molecule has 0 unspecified atom stereocenters. The quantitative estimate of drug-likeness (QED) is 0.0398. The number of unbranched alkanes of at least 4 members (excludes halogenated alkanes) is 10. The molecule has 0 atom stereocenters. The minimum absolute atomic E-state index is 0.564. The van der Waals surface area contributed by atoms with E-state index in [9.17, 15) is 0 Å². The molecule has 6 aromatic carbocycles. The summed E-state index contributed by atoms with van der Waals surface area (Å²) in [5.74, 6) is 4.29. The zero-order chi connectivity index (χ0) is 42.4. The second kappa shape index (κ2) is 22.1. The van der Waals surface area contributed by atoms with Gasteiger partial charge in [0.15, 0.2) is 34.3 Å². The van der Waals surface area contributed by atoms with Crippen LogP contribution in [0.2, 0.25) is 0 Å². The standard InChI is InChI=1S/C54H67NO6/c1-6-11-18-28-56-46-33-41-42-34-48(58-30-20-13-8-3)49(59-31-21-14-9-4)36-44(42)51-45(43(41)35-47(46)57-29-19-12-7-2)37-50(60-32-22-15-10-5)53-52(51)55-54(61-53)40-27-23-25-38-24-16-17-26-39(38)40/h16-17,23-27,33-37H,6-15,18-22,28-32H2,1-5H3. The predicted octanol–water partition coefficient (Wildman–Crippen LogP) is 16.0. The zero-order valence-corrected chi connectivity index (χ0v) is 37.5. The van der Waals surface area contributed by atoms with Gasteiger partial charge >= 0.3 is 0 Å². The first-order chi connectivity index (χ1) is 30.1. The summed E-state index contributed by atoms with van der Waals surface area (Å²) in [6.45, 7) is 14.2. The van der Waals surface area contributed by atoms with Gasteiger partial charge in [-0.2, -0.15) is 0 Å². The van der Waals surface area contributed by atoms with Crippen molar-refractivity contribution in [1.82, 2.24) is 4.98 Å². The molecule has 0 spiro atoms. The molecule has 0 bridgehead atoms. The lowest BCUT2D eigenvalue weighted by molar-refractivity contribution is 0.260. The Hall–Kier alpha value is -5.17. The van der Waals surface area contributed by atoms with Crippen molar-refractivity contribution >= 4 is 54.2 Å². The molecule has 61 heavy (non-hydrogen) atoms. The van der Waals surface area contributed by atoms with E-state index in [2.05, 4.69) is 107 Å². The van der Waals surface area contributed by atoms with Crippen molar-refractivity contribution in [2.75, 3.05) is 33.0 Å². The van der Waals surface area contributed by atoms with E-state index in [1.165, 1.54) is 0 Å². The highest BCUT2D eigenvalue weighted by Gasteiger charge is 2.24. The van der Waals surface area contributed by atoms with Crippen molar-refractivity contribution < 1.29 is 28.1 Å². The van der Waals surface area contributed by atoms with Crippen molar-refractivity contribution in [3.63, 3.8) is 0 Å². The molecule has 7 aromatic rings. The number of aromatic nitrogens is 1. The van der Waals surface area contributed by atoms with Gasteiger partial charge in [0.1, 0.15) is 5.52 Å². The number of oxazole rings is 1. The van der Waals surface area contributed by atoms with Crippen molar-refractivity contribution in [2.45, 2.75) is 131 Å². The van der Waals surface area contributed by atoms with Crippen molar-refractivity contribution in [2.24, 2.45) is 0 Å². The van der Waals surface area contributed by atoms with Crippen molar-refractivity contribution in [3.8, 4) is 40.2 Å². The van der Waals surface area contributed by atoms with Crippen LogP contribution in [-0.4, -0.2) is 38.0 Å². The molecule has 7 rings (SSSR count). The molecule has 0 fully saturated rings. The third-order valence-corrected chi connectivity index (χ3v) is 11.7. The number of rotatable bonds is 26. The third-order valence-electron chi connectivity index (χ3n) is 11.7. The highest BCUT2D eigenvalue weighted by molar-refractivity contribution is 6.32. The third kappa shape index (κ3) is 10.3. The topological polar surface area (TPSA) is 72.2 Å². The van der Waals surface area contributed by atoms with Crippen LogP contribution in [0.15, 0.2) is 77.2 Å². The molecule has 7 nitrogen and oxygen atoms in total. The summed E-state index contributed by atoms with van der Waals surface area (Å²) in [6.07, 6.45) is 16.0. The number of hydrogen-bond acceptors (Lipinski definition) is 7. The van der Waals surface area contributed by atoms with E-state index in [0.29, 0.717) is 50.3 Å². The molecular formula is C54H67NO6. The van der Waals surface area contributed by atoms with Crippen LogP contribution >= 0.6 is 0 Å². The van der Waals surface area contributed by atoms with E-state index in [-0.39, 0.29) is 0 Å². The first-order valence-corrected chi connectivity index (χ1v) is 23.6. The number of fused-ring (bicyclic) bond motifs is 9. The van der Waals surface area contributed by atoms with E-state index in [0.717, 1.165) is 173 Å². The van der Waals surface area contributed by atoms with Gasteiger partial charge in [-0.1, -0.05) is 135 Å². The van der Waals surface area contributed by atoms with Gasteiger partial charge in [0.05, 0.1) is 33.0 Å². The lowest BCUT2D eigenvalue weighted by Gasteiger charge is -2.20. The molecular weight excluding hydrogens is 759 g/mol. The fourth-order valence-corrected chi connectivity index (χ4v) is 8.29. The summed E-state index contributed by atoms with van der Waals surface area (Å²) >= 11 is 0. The molecule has 0 saturated heterocycles. The number of hydrogen-bond donors (Lipinski definition) is 0. The van der Waals surface area contributed by atoms with E-state index in [1.807, 2.05) is 0 Å². The molecule has 0 aliphatic rings. The Morgan fingerprint density at radius 3 is 1.28 bits per heavy atom. The monoisotopic (exact) mass is 825 g/mol. The highest BCUT2D eigenvalue weighted by atomic mass is 16.5. The maximum absolute atomic E-state index is 6.89. The second-order valence-corrected chi connectivity index (χ2v) is 16.5. The maximum Gasteiger partial charge on any atom is 0.228 e. The smallest absolute Gasteiger partial charge is 0.228 e. The normalized spacial score (nSPS) is 11.7. The summed E-state index contributed by atoms with van der Waals surface area (Å²) in [5.41, 5.74) is 2.35. The Morgan fingerprint density at radius 2 is 0.803 bits per heavy atom. The van der Waals surface area contributed by atoms with E-state index in [1.54, 1.807) is 0 Å². The van der Waals surface area contributed by atoms with Gasteiger partial charge in [-0.15, -0.1) is 0 Å². The predicted molar refractivity (Wildman–Crippen MR) is 255 cm³/mol. The van der Waals surface area contributed by atoms with E-state index >= 15 is 0 Å². The summed E-state index contributed by atoms with van der Waals surface area (Å²) in [6, 6.07) is 25.6. The number of ether oxygens (including phenoxy) is 5. The molecule has 0 amide bonds. The molecule has 0 aliphatic carbocycles. The van der Waals surface area contributed by atoms with E-state index < -0.39 is 0 Å². The van der Waals surface area contributed by atoms with Gasteiger partial charge in [0, 0.05) is 10.9 Å². The molecule has 0 radical (unpaired) electrons. The fourth-order valence-electron chi connectivity index (χ4n) is 8.29. The fraction of sp³-hybridized carbons (Fsp3) is 0.463. The van der Waals surface area contributed by atoms with Gasteiger partial charge in [0.2, 0.25) is 5.89 Å². The number of nitrogens with zero attached hydrogens (tertiary/aromatic N) is 1. The Balaban J connectivity index is 1.54. The van der Waals surface area contributed by atoms with Crippen LogP contribution < -0.4 is 23.7 Å². The molecule has 0 saturated carbocycles. The summed E-state index contributed by atoms with van der Waals surface area (Å²) in [5, 5.41) is 8.37. The van der Waals surface area contributed by atoms with Gasteiger partial charge in [-0.05, 0) is 106 Å². The molecule has 0 aliphatic heterocycles. The van der Waals surface area contributed by atoms with Gasteiger partial charge in [0.25, 0.3) is 0 Å². The Labute approximate surface area is 363 Å².